The summed E-state index contributed by atoms with van der Waals surface area (Å²) in [6, 6.07) is 7.51. The van der Waals surface area contributed by atoms with Gasteiger partial charge in [-0.15, -0.1) is 0 Å². The largest absolute Gasteiger partial charge is 0.493 e. The Morgan fingerprint density at radius 1 is 1.35 bits per heavy atom. The summed E-state index contributed by atoms with van der Waals surface area (Å²) in [7, 11) is -3.24. The first-order valence-electron chi connectivity index (χ1n) is 8.79. The zero-order chi connectivity index (χ0) is 18.6. The third kappa shape index (κ3) is 4.84. The normalized spacial score (nSPS) is 20.8. The maximum Gasteiger partial charge on any atom is 0.211 e. The number of aromatic nitrogens is 2. The summed E-state index contributed by atoms with van der Waals surface area (Å²) in [4.78, 5) is 0. The molecular weight excluding hydrogens is 354 g/mol. The molecule has 1 aromatic heterocycles. The Kier molecular flexibility index (Phi) is 5.95. The smallest absolute Gasteiger partial charge is 0.211 e. The molecule has 0 radical (unpaired) electrons. The fourth-order valence-electron chi connectivity index (χ4n) is 2.88. The Bertz CT molecular complexity index is 817. The molecule has 0 saturated carbocycles. The summed E-state index contributed by atoms with van der Waals surface area (Å²) in [6.07, 6.45) is 4.43. The zero-order valence-corrected chi connectivity index (χ0v) is 15.9. The lowest BCUT2D eigenvalue weighted by Gasteiger charge is -2.31. The molecule has 0 spiro atoms. The van der Waals surface area contributed by atoms with Gasteiger partial charge in [-0.2, -0.15) is 5.10 Å². The van der Waals surface area contributed by atoms with Gasteiger partial charge in [0.2, 0.25) is 10.0 Å². The van der Waals surface area contributed by atoms with E-state index < -0.39 is 10.0 Å². The van der Waals surface area contributed by atoms with Crippen molar-refractivity contribution < 1.29 is 17.9 Å². The van der Waals surface area contributed by atoms with E-state index in [-0.39, 0.29) is 17.7 Å². The average Bonchev–Trinajstić information content (AvgIpc) is 3.07. The molecule has 142 valence electrons. The molecule has 2 aromatic rings. The van der Waals surface area contributed by atoms with Crippen molar-refractivity contribution in [3.8, 4) is 11.4 Å². The van der Waals surface area contributed by atoms with E-state index in [4.69, 9.17) is 9.47 Å². The van der Waals surface area contributed by atoms with Crippen LogP contribution in [0.5, 0.6) is 5.75 Å². The second-order valence-corrected chi connectivity index (χ2v) is 8.56. The Morgan fingerprint density at radius 2 is 2.12 bits per heavy atom. The van der Waals surface area contributed by atoms with Crippen LogP contribution in [-0.2, 0) is 14.8 Å². The molecular formula is C18H25N3O4S. The van der Waals surface area contributed by atoms with Crippen molar-refractivity contribution in [2.75, 3.05) is 25.6 Å². The highest BCUT2D eigenvalue weighted by Gasteiger charge is 2.29. The van der Waals surface area contributed by atoms with Gasteiger partial charge in [0.1, 0.15) is 5.75 Å². The van der Waals surface area contributed by atoms with Crippen LogP contribution in [0.3, 0.4) is 0 Å². The number of nitrogens with zero attached hydrogens (tertiary/aromatic N) is 2. The first-order chi connectivity index (χ1) is 12.5. The second-order valence-electron chi connectivity index (χ2n) is 6.52. The minimum Gasteiger partial charge on any atom is -0.493 e. The number of ether oxygens (including phenoxy) is 2. The summed E-state index contributed by atoms with van der Waals surface area (Å²) in [5.41, 5.74) is 2.06. The molecule has 0 aliphatic carbocycles. The predicted octanol–water partition coefficient (Wildman–Crippen LogP) is 1.90. The van der Waals surface area contributed by atoms with E-state index in [0.29, 0.717) is 26.2 Å². The van der Waals surface area contributed by atoms with Crippen molar-refractivity contribution in [2.24, 2.45) is 5.92 Å². The highest BCUT2D eigenvalue weighted by molar-refractivity contribution is 7.89. The molecule has 26 heavy (non-hydrogen) atoms. The molecule has 0 unspecified atom stereocenters. The highest BCUT2D eigenvalue weighted by Crippen LogP contribution is 2.20. The van der Waals surface area contributed by atoms with Crippen molar-refractivity contribution >= 4 is 10.0 Å². The van der Waals surface area contributed by atoms with Gasteiger partial charge in [-0.05, 0) is 50.1 Å². The molecule has 1 aromatic carbocycles. The molecule has 8 heteroatoms. The van der Waals surface area contributed by atoms with Gasteiger partial charge in [0.25, 0.3) is 0 Å². The van der Waals surface area contributed by atoms with Crippen LogP contribution in [0.2, 0.25) is 0 Å². The number of rotatable bonds is 7. The lowest BCUT2D eigenvalue weighted by Crippen LogP contribution is -2.47. The van der Waals surface area contributed by atoms with E-state index in [1.165, 1.54) is 0 Å². The SMILES string of the molecule is CCS(=O)(=O)N[C@H]1CCOC[C@@H]1COc1ccc(-n2cc(C)cn2)cc1. The lowest BCUT2D eigenvalue weighted by molar-refractivity contribution is 0.0186. The molecule has 7 nitrogen and oxygen atoms in total. The van der Waals surface area contributed by atoms with E-state index in [1.54, 1.807) is 6.92 Å². The summed E-state index contributed by atoms with van der Waals surface area (Å²) in [5.74, 6) is 0.797. The van der Waals surface area contributed by atoms with Crippen molar-refractivity contribution in [1.82, 2.24) is 14.5 Å². The van der Waals surface area contributed by atoms with E-state index in [2.05, 4.69) is 9.82 Å². The van der Waals surface area contributed by atoms with Crippen molar-refractivity contribution in [1.29, 1.82) is 0 Å². The molecule has 0 amide bonds. The third-order valence-corrected chi connectivity index (χ3v) is 5.88. The standard InChI is InChI=1S/C18H25N3O4S/c1-3-26(22,23)20-18-8-9-24-12-15(18)13-25-17-6-4-16(5-7-17)21-11-14(2)10-19-21/h4-7,10-11,15,18,20H,3,8-9,12-13H2,1-2H3/t15-,18+/m1/s1. The number of benzene rings is 1. The number of sulfonamides is 1. The summed E-state index contributed by atoms with van der Waals surface area (Å²) < 4.78 is 39.7. The fourth-order valence-corrected chi connectivity index (χ4v) is 3.82. The lowest BCUT2D eigenvalue weighted by atomic mass is 9.98. The van der Waals surface area contributed by atoms with Crippen LogP contribution < -0.4 is 9.46 Å². The van der Waals surface area contributed by atoms with Crippen LogP contribution in [0.1, 0.15) is 18.9 Å². The van der Waals surface area contributed by atoms with Crippen molar-refractivity contribution in [3.63, 3.8) is 0 Å². The van der Waals surface area contributed by atoms with E-state index in [9.17, 15) is 8.42 Å². The number of hydrogen-bond acceptors (Lipinski definition) is 5. The van der Waals surface area contributed by atoms with Crippen LogP contribution in [0.4, 0.5) is 0 Å². The van der Waals surface area contributed by atoms with Crippen LogP contribution in [0.15, 0.2) is 36.7 Å². The van der Waals surface area contributed by atoms with Gasteiger partial charge in [-0.25, -0.2) is 17.8 Å². The quantitative estimate of drug-likeness (QED) is 0.795. The first-order valence-corrected chi connectivity index (χ1v) is 10.4. The first kappa shape index (κ1) is 18.9. The van der Waals surface area contributed by atoms with Gasteiger partial charge >= 0.3 is 0 Å². The highest BCUT2D eigenvalue weighted by atomic mass is 32.2. The number of aryl methyl sites for hydroxylation is 1. The molecule has 2 heterocycles. The average molecular weight is 379 g/mol. The summed E-state index contributed by atoms with van der Waals surface area (Å²) >= 11 is 0. The van der Waals surface area contributed by atoms with E-state index in [1.807, 2.05) is 48.3 Å². The molecule has 3 rings (SSSR count). The summed E-state index contributed by atoms with van der Waals surface area (Å²) in [5, 5.41) is 4.28. The van der Waals surface area contributed by atoms with Crippen LogP contribution in [-0.4, -0.2) is 49.8 Å². The molecule has 0 bridgehead atoms. The van der Waals surface area contributed by atoms with Crippen LogP contribution in [0, 0.1) is 12.8 Å². The van der Waals surface area contributed by atoms with Gasteiger partial charge < -0.3 is 9.47 Å². The van der Waals surface area contributed by atoms with E-state index >= 15 is 0 Å². The van der Waals surface area contributed by atoms with Gasteiger partial charge in [-0.1, -0.05) is 0 Å². The Hall–Kier alpha value is -1.90. The van der Waals surface area contributed by atoms with Gasteiger partial charge in [0, 0.05) is 24.8 Å². The van der Waals surface area contributed by atoms with Gasteiger partial charge in [0.05, 0.1) is 30.9 Å². The zero-order valence-electron chi connectivity index (χ0n) is 15.1. The third-order valence-electron chi connectivity index (χ3n) is 4.46. The van der Waals surface area contributed by atoms with Crippen LogP contribution >= 0.6 is 0 Å². The maximum atomic E-state index is 11.9. The monoisotopic (exact) mass is 379 g/mol. The van der Waals surface area contributed by atoms with Crippen LogP contribution in [0.25, 0.3) is 5.69 Å². The summed E-state index contributed by atoms with van der Waals surface area (Å²) in [6.45, 7) is 5.08. The fraction of sp³-hybridized carbons (Fsp3) is 0.500. The van der Waals surface area contributed by atoms with Crippen molar-refractivity contribution in [3.05, 3.63) is 42.2 Å². The topological polar surface area (TPSA) is 82.5 Å². The molecule has 1 N–H and O–H groups in total. The molecule has 2 atom stereocenters. The minimum atomic E-state index is -3.24. The Balaban J connectivity index is 1.60. The Morgan fingerprint density at radius 3 is 2.77 bits per heavy atom. The predicted molar refractivity (Wildman–Crippen MR) is 99.1 cm³/mol. The molecule has 1 aliphatic heterocycles. The van der Waals surface area contributed by atoms with Gasteiger partial charge in [-0.3, -0.25) is 0 Å². The minimum absolute atomic E-state index is 0.0153. The molecule has 1 aliphatic rings. The molecule has 1 saturated heterocycles. The van der Waals surface area contributed by atoms with Crippen molar-refractivity contribution in [2.45, 2.75) is 26.3 Å². The van der Waals surface area contributed by atoms with Gasteiger partial charge in [0.15, 0.2) is 0 Å². The number of hydrogen-bond donors (Lipinski definition) is 1. The number of nitrogens with one attached hydrogen (secondary N) is 1. The second kappa shape index (κ2) is 8.20. The molecule has 1 fully saturated rings. The maximum absolute atomic E-state index is 11.9. The Labute approximate surface area is 154 Å². The van der Waals surface area contributed by atoms with E-state index in [0.717, 1.165) is 17.0 Å².